The summed E-state index contributed by atoms with van der Waals surface area (Å²) in [5.41, 5.74) is 5.06. The van der Waals surface area contributed by atoms with Gasteiger partial charge in [-0.25, -0.2) is 0 Å². The molecule has 0 aromatic heterocycles. The molecule has 0 radical (unpaired) electrons. The van der Waals surface area contributed by atoms with Gasteiger partial charge in [-0.1, -0.05) is 24.3 Å². The molecule has 2 nitrogen and oxygen atoms in total. The van der Waals surface area contributed by atoms with Gasteiger partial charge in [0.15, 0.2) is 0 Å². The van der Waals surface area contributed by atoms with Crippen LogP contribution in [0.25, 0.3) is 6.08 Å². The summed E-state index contributed by atoms with van der Waals surface area (Å²) in [6.07, 6.45) is -0.477. The Morgan fingerprint density at radius 3 is 2.68 bits per heavy atom. The largest absolute Gasteiger partial charge is 0.416 e. The van der Waals surface area contributed by atoms with Crippen LogP contribution in [0.1, 0.15) is 17.5 Å². The number of benzene rings is 1. The molecule has 0 bridgehead atoms. The average molecular weight is 291 g/mol. The van der Waals surface area contributed by atoms with Crippen molar-refractivity contribution in [3.63, 3.8) is 0 Å². The third-order valence-corrected chi connectivity index (χ3v) is 3.69. The first-order valence-electron chi connectivity index (χ1n) is 5.82. The number of hydrogen-bond acceptors (Lipinski definition) is 2. The minimum Gasteiger partial charge on any atom is -0.330 e. The maximum Gasteiger partial charge on any atom is 0.416 e. The van der Waals surface area contributed by atoms with Gasteiger partial charge in [0.1, 0.15) is 0 Å². The van der Waals surface area contributed by atoms with Crippen molar-refractivity contribution < 1.29 is 17.4 Å². The van der Waals surface area contributed by atoms with Gasteiger partial charge in [0.05, 0.1) is 5.56 Å². The van der Waals surface area contributed by atoms with Crippen LogP contribution in [0.15, 0.2) is 30.3 Å². The number of rotatable bonds is 6. The molecule has 0 spiro atoms. The SMILES string of the molecule is NCCCS(=O)C/C=C/c1cccc(C(F)(F)F)c1. The highest BCUT2D eigenvalue weighted by Crippen LogP contribution is 2.29. The molecule has 1 rings (SSSR count). The Labute approximate surface area is 113 Å². The van der Waals surface area contributed by atoms with E-state index < -0.39 is 22.5 Å². The van der Waals surface area contributed by atoms with Gasteiger partial charge in [0.25, 0.3) is 0 Å². The first-order chi connectivity index (χ1) is 8.93. The van der Waals surface area contributed by atoms with Gasteiger partial charge in [-0.15, -0.1) is 0 Å². The lowest BCUT2D eigenvalue weighted by molar-refractivity contribution is -0.137. The highest BCUT2D eigenvalue weighted by atomic mass is 32.2. The van der Waals surface area contributed by atoms with E-state index in [4.69, 9.17) is 5.73 Å². The Bertz CT molecular complexity index is 457. The molecule has 106 valence electrons. The first-order valence-corrected chi connectivity index (χ1v) is 7.31. The zero-order valence-corrected chi connectivity index (χ0v) is 11.1. The van der Waals surface area contributed by atoms with Crippen LogP contribution >= 0.6 is 0 Å². The fourth-order valence-corrected chi connectivity index (χ4v) is 2.40. The van der Waals surface area contributed by atoms with Crippen LogP contribution in [0.3, 0.4) is 0 Å². The summed E-state index contributed by atoms with van der Waals surface area (Å²) in [7, 11) is -1.01. The average Bonchev–Trinajstić information content (AvgIpc) is 2.36. The van der Waals surface area contributed by atoms with Crippen LogP contribution in [0.2, 0.25) is 0 Å². The number of alkyl halides is 3. The van der Waals surface area contributed by atoms with Gasteiger partial charge in [-0.3, -0.25) is 4.21 Å². The van der Waals surface area contributed by atoms with Crippen molar-refractivity contribution in [2.45, 2.75) is 12.6 Å². The second-order valence-corrected chi connectivity index (χ2v) is 5.60. The summed E-state index contributed by atoms with van der Waals surface area (Å²) in [4.78, 5) is 0. The third kappa shape index (κ3) is 6.02. The van der Waals surface area contributed by atoms with Crippen LogP contribution in [0, 0.1) is 0 Å². The molecular formula is C13H16F3NOS. The summed E-state index contributed by atoms with van der Waals surface area (Å²) < 4.78 is 48.9. The molecule has 0 aliphatic rings. The monoisotopic (exact) mass is 291 g/mol. The van der Waals surface area contributed by atoms with Crippen LogP contribution in [-0.2, 0) is 17.0 Å². The number of hydrogen-bond donors (Lipinski definition) is 1. The van der Waals surface area contributed by atoms with E-state index in [-0.39, 0.29) is 0 Å². The quantitative estimate of drug-likeness (QED) is 0.876. The molecule has 6 heteroatoms. The summed E-state index contributed by atoms with van der Waals surface area (Å²) in [5.74, 6) is 0.847. The van der Waals surface area contributed by atoms with E-state index >= 15 is 0 Å². The van der Waals surface area contributed by atoms with Crippen molar-refractivity contribution in [3.05, 3.63) is 41.5 Å². The van der Waals surface area contributed by atoms with Gasteiger partial charge in [-0.05, 0) is 30.7 Å². The van der Waals surface area contributed by atoms with Crippen molar-refractivity contribution in [3.8, 4) is 0 Å². The molecule has 0 heterocycles. The molecule has 0 aliphatic heterocycles. The Morgan fingerprint density at radius 2 is 2.05 bits per heavy atom. The first kappa shape index (κ1) is 15.9. The predicted octanol–water partition coefficient (Wildman–Crippen LogP) is 2.82. The fraction of sp³-hybridized carbons (Fsp3) is 0.385. The molecule has 2 N–H and O–H groups in total. The van der Waals surface area contributed by atoms with Gasteiger partial charge in [0.2, 0.25) is 0 Å². The molecule has 1 unspecified atom stereocenters. The molecule has 1 aromatic carbocycles. The molecule has 19 heavy (non-hydrogen) atoms. The molecule has 0 fully saturated rings. The van der Waals surface area contributed by atoms with E-state index in [1.165, 1.54) is 6.07 Å². The van der Waals surface area contributed by atoms with Gasteiger partial charge in [-0.2, -0.15) is 13.2 Å². The Balaban J connectivity index is 2.60. The third-order valence-electron chi connectivity index (χ3n) is 2.38. The zero-order valence-electron chi connectivity index (χ0n) is 10.3. The van der Waals surface area contributed by atoms with Gasteiger partial charge < -0.3 is 5.73 Å². The van der Waals surface area contributed by atoms with Crippen molar-refractivity contribution in [2.24, 2.45) is 5.73 Å². The predicted molar refractivity (Wildman–Crippen MR) is 72.0 cm³/mol. The highest BCUT2D eigenvalue weighted by molar-refractivity contribution is 7.85. The van der Waals surface area contributed by atoms with E-state index in [9.17, 15) is 17.4 Å². The van der Waals surface area contributed by atoms with Gasteiger partial charge >= 0.3 is 6.18 Å². The summed E-state index contributed by atoms with van der Waals surface area (Å²) >= 11 is 0. The van der Waals surface area contributed by atoms with E-state index in [1.807, 2.05) is 0 Å². The van der Waals surface area contributed by atoms with Crippen molar-refractivity contribution >= 4 is 16.9 Å². The van der Waals surface area contributed by atoms with Crippen molar-refractivity contribution in [1.82, 2.24) is 0 Å². The van der Waals surface area contributed by atoms with Crippen LogP contribution in [-0.4, -0.2) is 22.3 Å². The fourth-order valence-electron chi connectivity index (χ4n) is 1.44. The van der Waals surface area contributed by atoms with Crippen molar-refractivity contribution in [1.29, 1.82) is 0 Å². The van der Waals surface area contributed by atoms with Crippen LogP contribution in [0.5, 0.6) is 0 Å². The molecule has 1 aromatic rings. The summed E-state index contributed by atoms with van der Waals surface area (Å²) in [5, 5.41) is 0. The second kappa shape index (κ2) is 7.45. The minimum absolute atomic E-state index is 0.330. The Kier molecular flexibility index (Phi) is 6.24. The zero-order chi connectivity index (χ0) is 14.3. The molecule has 0 aliphatic carbocycles. The smallest absolute Gasteiger partial charge is 0.330 e. The van der Waals surface area contributed by atoms with E-state index in [2.05, 4.69) is 0 Å². The van der Waals surface area contributed by atoms with E-state index in [0.29, 0.717) is 30.0 Å². The molecule has 0 saturated carbocycles. The van der Waals surface area contributed by atoms with Crippen LogP contribution in [0.4, 0.5) is 13.2 Å². The van der Waals surface area contributed by atoms with Crippen LogP contribution < -0.4 is 5.73 Å². The highest BCUT2D eigenvalue weighted by Gasteiger charge is 2.30. The minimum atomic E-state index is -4.34. The molecule has 0 saturated heterocycles. The lowest BCUT2D eigenvalue weighted by atomic mass is 10.1. The summed E-state index contributed by atoms with van der Waals surface area (Å²) in [6.45, 7) is 0.489. The topological polar surface area (TPSA) is 43.1 Å². The maximum absolute atomic E-state index is 12.5. The van der Waals surface area contributed by atoms with E-state index in [0.717, 1.165) is 12.1 Å². The Morgan fingerprint density at radius 1 is 1.32 bits per heavy atom. The summed E-state index contributed by atoms with van der Waals surface area (Å²) in [6, 6.07) is 5.03. The standard InChI is InChI=1S/C13H16F3NOS/c14-13(15,16)12-6-1-4-11(10-12)5-2-8-19(18)9-3-7-17/h1-2,4-6,10H,3,7-9,17H2/b5-2+. The lowest BCUT2D eigenvalue weighted by Gasteiger charge is -2.06. The molecule has 1 atom stereocenters. The number of nitrogens with two attached hydrogens (primary N) is 1. The van der Waals surface area contributed by atoms with Gasteiger partial charge in [0, 0.05) is 22.3 Å². The molecular weight excluding hydrogens is 275 g/mol. The lowest BCUT2D eigenvalue weighted by Crippen LogP contribution is -2.07. The maximum atomic E-state index is 12.5. The van der Waals surface area contributed by atoms with E-state index in [1.54, 1.807) is 18.2 Å². The molecule has 0 amide bonds. The second-order valence-electron chi connectivity index (χ2n) is 3.98. The Hall–Kier alpha value is -1.14. The van der Waals surface area contributed by atoms with Crippen molar-refractivity contribution in [2.75, 3.05) is 18.1 Å². The normalized spacial score (nSPS) is 13.9. The number of halogens is 3.